The van der Waals surface area contributed by atoms with Gasteiger partial charge in [-0.15, -0.1) is 0 Å². The minimum atomic E-state index is -4.61. The van der Waals surface area contributed by atoms with Crippen LogP contribution in [0.1, 0.15) is 35.7 Å². The molecule has 0 aliphatic rings. The van der Waals surface area contributed by atoms with Gasteiger partial charge in [0.25, 0.3) is 0 Å². The summed E-state index contributed by atoms with van der Waals surface area (Å²) in [5.74, 6) is -1.43. The van der Waals surface area contributed by atoms with E-state index in [9.17, 15) is 30.8 Å². The molecule has 0 bridgehead atoms. The lowest BCUT2D eigenvalue weighted by atomic mass is 10.1. The zero-order valence-corrected chi connectivity index (χ0v) is 19.0. The second-order valence-corrected chi connectivity index (χ2v) is 9.01. The summed E-state index contributed by atoms with van der Waals surface area (Å²) in [4.78, 5) is 15.8. The normalized spacial score (nSPS) is 12.1. The van der Waals surface area contributed by atoms with Crippen LogP contribution in [0, 0.1) is 12.7 Å². The van der Waals surface area contributed by atoms with Crippen molar-refractivity contribution in [2.45, 2.75) is 33.0 Å². The van der Waals surface area contributed by atoms with E-state index in [2.05, 4.69) is 20.3 Å². The molecule has 1 aromatic carbocycles. The van der Waals surface area contributed by atoms with Gasteiger partial charge in [0.1, 0.15) is 17.3 Å². The van der Waals surface area contributed by atoms with E-state index in [-0.39, 0.29) is 29.2 Å². The molecular weight excluding hydrogens is 464 g/mol. The first-order valence-electron chi connectivity index (χ1n) is 9.85. The summed E-state index contributed by atoms with van der Waals surface area (Å²) in [7, 11) is -3.76. The van der Waals surface area contributed by atoms with Gasteiger partial charge in [0, 0.05) is 24.7 Å². The Labute approximate surface area is 189 Å². The molecule has 1 aromatic heterocycles. The number of amides is 1. The molecule has 0 aliphatic heterocycles. The van der Waals surface area contributed by atoms with E-state index < -0.39 is 33.6 Å². The zero-order chi connectivity index (χ0) is 24.8. The van der Waals surface area contributed by atoms with Gasteiger partial charge >= 0.3 is 6.18 Å². The number of sulfonamides is 1. The average molecular weight is 489 g/mol. The Morgan fingerprint density at radius 2 is 1.91 bits per heavy atom. The molecule has 33 heavy (non-hydrogen) atoms. The van der Waals surface area contributed by atoms with E-state index in [0.717, 1.165) is 24.5 Å². The predicted molar refractivity (Wildman–Crippen MR) is 119 cm³/mol. The molecule has 0 saturated carbocycles. The number of benzene rings is 1. The van der Waals surface area contributed by atoms with Gasteiger partial charge < -0.3 is 10.6 Å². The summed E-state index contributed by atoms with van der Waals surface area (Å²) < 4.78 is 78.2. The van der Waals surface area contributed by atoms with Gasteiger partial charge in [0.15, 0.2) is 0 Å². The molecule has 0 spiro atoms. The van der Waals surface area contributed by atoms with Crippen molar-refractivity contribution in [3.63, 3.8) is 0 Å². The maximum absolute atomic E-state index is 14.3. The number of carbonyl (C=O) groups is 1. The molecule has 0 atom stereocenters. The lowest BCUT2D eigenvalue weighted by Gasteiger charge is -2.13. The van der Waals surface area contributed by atoms with Crippen LogP contribution in [-0.2, 0) is 27.5 Å². The van der Waals surface area contributed by atoms with E-state index in [1.807, 2.05) is 6.92 Å². The Morgan fingerprint density at radius 1 is 1.21 bits per heavy atom. The largest absolute Gasteiger partial charge is 0.433 e. The number of nitrogens with zero attached hydrogens (tertiary/aromatic N) is 1. The lowest BCUT2D eigenvalue weighted by Crippen LogP contribution is -2.22. The van der Waals surface area contributed by atoms with Crippen molar-refractivity contribution in [3.8, 4) is 0 Å². The molecule has 0 radical (unpaired) electrons. The number of pyridine rings is 1. The number of rotatable bonds is 9. The second kappa shape index (κ2) is 10.6. The molecule has 0 unspecified atom stereocenters. The highest BCUT2D eigenvalue weighted by Gasteiger charge is 2.32. The Kier molecular flexibility index (Phi) is 8.42. The molecule has 1 heterocycles. The molecule has 0 saturated heterocycles. The van der Waals surface area contributed by atoms with Crippen LogP contribution in [0.5, 0.6) is 0 Å². The van der Waals surface area contributed by atoms with E-state index >= 15 is 0 Å². The van der Waals surface area contributed by atoms with Gasteiger partial charge in [-0.05, 0) is 48.7 Å². The minimum absolute atomic E-state index is 0.0175. The number of aromatic nitrogens is 1. The molecule has 2 rings (SSSR count). The topological polar surface area (TPSA) is 100 Å². The van der Waals surface area contributed by atoms with Crippen molar-refractivity contribution in [1.82, 2.24) is 10.3 Å². The third-order valence-electron chi connectivity index (χ3n) is 4.23. The number of aryl methyl sites for hydroxylation is 1. The van der Waals surface area contributed by atoms with Gasteiger partial charge in [-0.3, -0.25) is 9.52 Å². The summed E-state index contributed by atoms with van der Waals surface area (Å²) in [6.07, 6.45) is -0.689. The van der Waals surface area contributed by atoms with Crippen molar-refractivity contribution >= 4 is 33.5 Å². The third-order valence-corrected chi connectivity index (χ3v) is 4.81. The highest BCUT2D eigenvalue weighted by Crippen LogP contribution is 2.30. The molecular formula is C21H24F4N4O3S. The van der Waals surface area contributed by atoms with Crippen molar-refractivity contribution in [2.24, 2.45) is 0 Å². The molecule has 7 nitrogen and oxygen atoms in total. The Hall–Kier alpha value is -3.15. The SMILES string of the molecule is CCCNc1nc(C(F)(F)F)ccc1C=CC(=O)NCc1cc(C)cc(F)c1NS(C)(=O)=O. The standard InChI is InChI=1S/C21H24F4N4O3S/c1-4-9-26-20-14(5-7-17(28-20)21(23,24)25)6-8-18(30)27-12-15-10-13(2)11-16(22)19(15)29-33(3,31)32/h5-8,10-11,29H,4,9,12H2,1-3H3,(H,26,28)(H,27,30). The summed E-state index contributed by atoms with van der Waals surface area (Å²) in [6, 6.07) is 4.68. The monoisotopic (exact) mass is 488 g/mol. The van der Waals surface area contributed by atoms with E-state index in [1.54, 1.807) is 6.92 Å². The van der Waals surface area contributed by atoms with Crippen LogP contribution in [-0.4, -0.2) is 32.1 Å². The smallest absolute Gasteiger partial charge is 0.370 e. The fourth-order valence-electron chi connectivity index (χ4n) is 2.81. The second-order valence-electron chi connectivity index (χ2n) is 7.27. The fraction of sp³-hybridized carbons (Fsp3) is 0.333. The maximum Gasteiger partial charge on any atom is 0.433 e. The number of hydrogen-bond acceptors (Lipinski definition) is 5. The summed E-state index contributed by atoms with van der Waals surface area (Å²) in [5, 5.41) is 5.30. The van der Waals surface area contributed by atoms with Gasteiger partial charge in [0.2, 0.25) is 15.9 Å². The van der Waals surface area contributed by atoms with Crippen molar-refractivity contribution in [1.29, 1.82) is 0 Å². The molecule has 3 N–H and O–H groups in total. The Balaban J connectivity index is 2.19. The van der Waals surface area contributed by atoms with Crippen LogP contribution < -0.4 is 15.4 Å². The van der Waals surface area contributed by atoms with E-state index in [4.69, 9.17) is 0 Å². The van der Waals surface area contributed by atoms with Gasteiger partial charge in [-0.2, -0.15) is 13.2 Å². The van der Waals surface area contributed by atoms with Crippen LogP contribution in [0.4, 0.5) is 29.1 Å². The van der Waals surface area contributed by atoms with Crippen molar-refractivity contribution in [3.05, 3.63) is 58.5 Å². The Bertz CT molecular complexity index is 1150. The van der Waals surface area contributed by atoms with Crippen LogP contribution >= 0.6 is 0 Å². The van der Waals surface area contributed by atoms with Crippen LogP contribution in [0.2, 0.25) is 0 Å². The molecule has 0 aliphatic carbocycles. The molecule has 180 valence electrons. The fourth-order valence-corrected chi connectivity index (χ4v) is 3.41. The summed E-state index contributed by atoms with van der Waals surface area (Å²) >= 11 is 0. The number of nitrogens with one attached hydrogen (secondary N) is 3. The molecule has 1 amide bonds. The van der Waals surface area contributed by atoms with Gasteiger partial charge in [-0.25, -0.2) is 17.8 Å². The van der Waals surface area contributed by atoms with Crippen LogP contribution in [0.25, 0.3) is 6.08 Å². The van der Waals surface area contributed by atoms with E-state index in [1.165, 1.54) is 18.2 Å². The average Bonchev–Trinajstić information content (AvgIpc) is 2.70. The minimum Gasteiger partial charge on any atom is -0.370 e. The zero-order valence-electron chi connectivity index (χ0n) is 18.2. The third kappa shape index (κ3) is 8.04. The lowest BCUT2D eigenvalue weighted by molar-refractivity contribution is -0.141. The maximum atomic E-state index is 14.3. The van der Waals surface area contributed by atoms with Crippen LogP contribution in [0.3, 0.4) is 0 Å². The number of anilines is 2. The highest BCUT2D eigenvalue weighted by atomic mass is 32.2. The highest BCUT2D eigenvalue weighted by molar-refractivity contribution is 7.92. The van der Waals surface area contributed by atoms with Gasteiger partial charge in [-0.1, -0.05) is 13.0 Å². The number of halogens is 4. The van der Waals surface area contributed by atoms with Crippen LogP contribution in [0.15, 0.2) is 30.3 Å². The summed E-state index contributed by atoms with van der Waals surface area (Å²) in [6.45, 7) is 3.65. The van der Waals surface area contributed by atoms with Gasteiger partial charge in [0.05, 0.1) is 11.9 Å². The molecule has 12 heteroatoms. The molecule has 0 fully saturated rings. The van der Waals surface area contributed by atoms with Crippen molar-refractivity contribution in [2.75, 3.05) is 22.8 Å². The molecule has 2 aromatic rings. The van der Waals surface area contributed by atoms with Crippen molar-refractivity contribution < 1.29 is 30.8 Å². The number of carbonyl (C=O) groups excluding carboxylic acids is 1. The number of hydrogen-bond donors (Lipinski definition) is 3. The number of alkyl halides is 3. The summed E-state index contributed by atoms with van der Waals surface area (Å²) in [5.41, 5.74) is -0.330. The first kappa shape index (κ1) is 26.1. The van der Waals surface area contributed by atoms with E-state index in [0.29, 0.717) is 18.5 Å². The first-order chi connectivity index (χ1) is 15.3. The predicted octanol–water partition coefficient (Wildman–Crippen LogP) is 4.07. The first-order valence-corrected chi connectivity index (χ1v) is 11.7. The quantitative estimate of drug-likeness (QED) is 0.365. The Morgan fingerprint density at radius 3 is 2.52 bits per heavy atom.